The van der Waals surface area contributed by atoms with E-state index < -0.39 is 0 Å². The first-order chi connectivity index (χ1) is 7.24. The van der Waals surface area contributed by atoms with Crippen LogP contribution in [0.2, 0.25) is 0 Å². The van der Waals surface area contributed by atoms with Crippen LogP contribution < -0.4 is 18.9 Å². The van der Waals surface area contributed by atoms with Gasteiger partial charge in [-0.15, -0.1) is 6.42 Å². The molecule has 1 rings (SSSR count). The van der Waals surface area contributed by atoms with Crippen molar-refractivity contribution in [1.29, 1.82) is 0 Å². The van der Waals surface area contributed by atoms with Crippen molar-refractivity contribution in [3.05, 3.63) is 6.61 Å². The second kappa shape index (κ2) is 9.54. The quantitative estimate of drug-likeness (QED) is 0.376. The molecule has 2 atom stereocenters. The van der Waals surface area contributed by atoms with Crippen molar-refractivity contribution in [2.45, 2.75) is 71.7 Å². The van der Waals surface area contributed by atoms with Crippen LogP contribution in [0.4, 0.5) is 0 Å². The van der Waals surface area contributed by atoms with Crippen LogP contribution in [0.25, 0.3) is 0 Å². The molecule has 90 valence electrons. The zero-order valence-corrected chi connectivity index (χ0v) is 11.4. The second-order valence-electron chi connectivity index (χ2n) is 4.76. The van der Waals surface area contributed by atoms with E-state index >= 15 is 0 Å². The van der Waals surface area contributed by atoms with Crippen LogP contribution in [0.5, 0.6) is 0 Å². The van der Waals surface area contributed by atoms with E-state index in [4.69, 9.17) is 9.47 Å². The van der Waals surface area contributed by atoms with Crippen molar-refractivity contribution >= 4 is 0 Å². The van der Waals surface area contributed by atoms with E-state index in [9.17, 15) is 0 Å². The molecule has 0 radical (unpaired) electrons. The summed E-state index contributed by atoms with van der Waals surface area (Å²) < 4.78 is 11.3. The van der Waals surface area contributed by atoms with Crippen LogP contribution in [0, 0.1) is 12.5 Å². The Labute approximate surface area is 113 Å². The summed E-state index contributed by atoms with van der Waals surface area (Å²) in [4.78, 5) is 0. The molecule has 1 saturated heterocycles. The molecule has 0 aromatic rings. The minimum absolute atomic E-state index is 0. The Kier molecular flexibility index (Phi) is 9.85. The Hall–Kier alpha value is 0.517. The van der Waals surface area contributed by atoms with Crippen molar-refractivity contribution in [2.75, 3.05) is 0 Å². The van der Waals surface area contributed by atoms with Gasteiger partial charge in [0.15, 0.2) is 0 Å². The van der Waals surface area contributed by atoms with E-state index in [1.54, 1.807) is 0 Å². The predicted molar refractivity (Wildman–Crippen MR) is 62.3 cm³/mol. The number of hydrogen-bond donors (Lipinski definition) is 0. The Balaban J connectivity index is 0.00000225. The third-order valence-corrected chi connectivity index (χ3v) is 2.84. The summed E-state index contributed by atoms with van der Waals surface area (Å²) in [6.45, 7) is 8.45. The zero-order chi connectivity index (χ0) is 11.1. The van der Waals surface area contributed by atoms with Gasteiger partial charge in [-0.3, -0.25) is 0 Å². The molecule has 16 heavy (non-hydrogen) atoms. The molecule has 1 aliphatic heterocycles. The van der Waals surface area contributed by atoms with E-state index in [1.165, 1.54) is 32.1 Å². The van der Waals surface area contributed by atoms with Gasteiger partial charge < -0.3 is 9.47 Å². The zero-order valence-electron chi connectivity index (χ0n) is 11.4. The van der Waals surface area contributed by atoms with Gasteiger partial charge in [0.2, 0.25) is 0 Å². The first-order valence-corrected chi connectivity index (χ1v) is 6.36. The smallest absolute Gasteiger partial charge is 0.529 e. The number of ether oxygens (including phenoxy) is 2. The third kappa shape index (κ3) is 6.30. The summed E-state index contributed by atoms with van der Waals surface area (Å²) in [5.74, 6) is 0.444. The van der Waals surface area contributed by atoms with E-state index in [0.29, 0.717) is 12.0 Å². The Bertz CT molecular complexity index is 162. The first kappa shape index (κ1) is 16.5. The minimum atomic E-state index is -0.0186. The monoisotopic (exact) mass is 220 g/mol. The molecule has 0 unspecified atom stereocenters. The fourth-order valence-corrected chi connectivity index (χ4v) is 1.83. The van der Waals surface area contributed by atoms with Gasteiger partial charge in [0.1, 0.15) is 6.29 Å². The fraction of sp³-hybridized carbons (Fsp3) is 0.923. The van der Waals surface area contributed by atoms with Gasteiger partial charge >= 0.3 is 18.9 Å². The third-order valence-electron chi connectivity index (χ3n) is 2.84. The van der Waals surface area contributed by atoms with E-state index in [-0.39, 0.29) is 25.2 Å². The fourth-order valence-electron chi connectivity index (χ4n) is 1.83. The molecule has 0 saturated carbocycles. The maximum absolute atomic E-state index is 5.87. The molecule has 0 aromatic carbocycles. The van der Waals surface area contributed by atoms with Crippen LogP contribution >= 0.6 is 0 Å². The van der Waals surface area contributed by atoms with Gasteiger partial charge in [-0.1, -0.05) is 46.5 Å². The summed E-state index contributed by atoms with van der Waals surface area (Å²) in [7, 11) is 0. The second-order valence-corrected chi connectivity index (χ2v) is 4.76. The van der Waals surface area contributed by atoms with Crippen LogP contribution in [0.3, 0.4) is 0 Å². The Morgan fingerprint density at radius 3 is 2.62 bits per heavy atom. The molecule has 2 nitrogen and oxygen atoms in total. The average Bonchev–Trinajstić information content (AvgIpc) is 2.25. The molecule has 0 N–H and O–H groups in total. The standard InChI is InChI=1S/C13H25O2.Li/c1-4-5-6-7-8-12-9-10-14-13(15-12)11(2)3;/h10-13H,4-9H2,1-3H3;/q-1;+1/t12-,13+;/m0./s1. The Morgan fingerprint density at radius 2 is 2.00 bits per heavy atom. The molecule has 0 bridgehead atoms. The van der Waals surface area contributed by atoms with Crippen molar-refractivity contribution in [2.24, 2.45) is 5.92 Å². The van der Waals surface area contributed by atoms with Gasteiger partial charge in [0.05, 0.1) is 0 Å². The molecule has 3 heteroatoms. The van der Waals surface area contributed by atoms with Gasteiger partial charge in [0, 0.05) is 12.0 Å². The van der Waals surface area contributed by atoms with Crippen LogP contribution in [0.15, 0.2) is 0 Å². The maximum Gasteiger partial charge on any atom is 1.00 e. The molecule has 0 aromatic heterocycles. The summed E-state index contributed by atoms with van der Waals surface area (Å²) >= 11 is 0. The largest absolute Gasteiger partial charge is 1.00 e. The number of unbranched alkanes of at least 4 members (excludes halogenated alkanes) is 3. The van der Waals surface area contributed by atoms with Gasteiger partial charge in [-0.05, 0) is 6.42 Å². The Morgan fingerprint density at radius 1 is 1.25 bits per heavy atom. The van der Waals surface area contributed by atoms with Crippen LogP contribution in [-0.4, -0.2) is 12.4 Å². The molecule has 0 aliphatic carbocycles. The van der Waals surface area contributed by atoms with Gasteiger partial charge in [-0.2, -0.15) is 0 Å². The predicted octanol–water partition coefficient (Wildman–Crippen LogP) is 0.910. The van der Waals surface area contributed by atoms with Crippen molar-refractivity contribution in [3.8, 4) is 0 Å². The molecule has 1 fully saturated rings. The molecule has 0 amide bonds. The van der Waals surface area contributed by atoms with E-state index in [1.807, 2.05) is 6.61 Å². The molecule has 1 heterocycles. The summed E-state index contributed by atoms with van der Waals surface area (Å²) in [6, 6.07) is 0. The summed E-state index contributed by atoms with van der Waals surface area (Å²) in [6.07, 6.45) is 7.78. The number of rotatable bonds is 6. The van der Waals surface area contributed by atoms with E-state index in [2.05, 4.69) is 20.8 Å². The van der Waals surface area contributed by atoms with Crippen LogP contribution in [-0.2, 0) is 9.47 Å². The van der Waals surface area contributed by atoms with Crippen molar-refractivity contribution in [3.63, 3.8) is 0 Å². The van der Waals surface area contributed by atoms with Gasteiger partial charge in [0.25, 0.3) is 0 Å². The molecule has 1 aliphatic rings. The SMILES string of the molecule is CCCCCC[C@H]1C[CH-]O[C@@H](C(C)C)O1.[Li+]. The average molecular weight is 220 g/mol. The van der Waals surface area contributed by atoms with E-state index in [0.717, 1.165) is 6.42 Å². The molecule has 0 spiro atoms. The first-order valence-electron chi connectivity index (χ1n) is 6.36. The van der Waals surface area contributed by atoms with Crippen molar-refractivity contribution in [1.82, 2.24) is 0 Å². The van der Waals surface area contributed by atoms with Crippen LogP contribution in [0.1, 0.15) is 59.3 Å². The topological polar surface area (TPSA) is 18.5 Å². The minimum Gasteiger partial charge on any atom is -0.529 e. The number of hydrogen-bond acceptors (Lipinski definition) is 2. The summed E-state index contributed by atoms with van der Waals surface area (Å²) in [5, 5.41) is 0. The molecular weight excluding hydrogens is 195 g/mol. The molecular formula is C13H25LiO2. The van der Waals surface area contributed by atoms with Gasteiger partial charge in [-0.25, -0.2) is 6.61 Å². The normalized spacial score (nSPS) is 25.5. The van der Waals surface area contributed by atoms with Crippen molar-refractivity contribution < 1.29 is 28.3 Å². The summed E-state index contributed by atoms with van der Waals surface area (Å²) in [5.41, 5.74) is 0. The maximum atomic E-state index is 5.87.